The topological polar surface area (TPSA) is 87.4 Å². The molecule has 5 heteroatoms. The Bertz CT molecular complexity index is 212. The lowest BCUT2D eigenvalue weighted by atomic mass is 10.5. The predicted octanol–water partition coefficient (Wildman–Crippen LogP) is -0.349. The van der Waals surface area contributed by atoms with Crippen LogP contribution in [-0.4, -0.2) is 17.0 Å². The predicted molar refractivity (Wildman–Crippen MR) is 28.5 cm³/mol. The molecule has 5 nitrogen and oxygen atoms in total. The van der Waals surface area contributed by atoms with Crippen LogP contribution in [0.4, 0.5) is 0 Å². The van der Waals surface area contributed by atoms with E-state index in [1.807, 2.05) is 0 Å². The second-order valence-corrected chi connectivity index (χ2v) is 1.18. The molecule has 0 fully saturated rings. The molecule has 10 heavy (non-hydrogen) atoms. The van der Waals surface area contributed by atoms with Crippen molar-refractivity contribution in [1.29, 1.82) is 5.26 Å². The number of carbonyl (C=O) groups is 2. The standard InChI is InChI=1S/C5H3NO4/c6-3-10-5(9)2-1-4(7)8/h1-2H,(H,7,8)/b2-1-. The Morgan fingerprint density at radius 3 is 2.50 bits per heavy atom. The van der Waals surface area contributed by atoms with Crippen molar-refractivity contribution < 1.29 is 19.4 Å². The third-order valence-electron chi connectivity index (χ3n) is 0.508. The molecular formula is C5H3NO4. The highest BCUT2D eigenvalue weighted by Gasteiger charge is 1.95. The minimum absolute atomic E-state index is 0.583. The third-order valence-corrected chi connectivity index (χ3v) is 0.508. The number of ether oxygens (including phenoxy) is 1. The van der Waals surface area contributed by atoms with E-state index in [9.17, 15) is 9.59 Å². The molecule has 0 aliphatic heterocycles. The van der Waals surface area contributed by atoms with E-state index >= 15 is 0 Å². The summed E-state index contributed by atoms with van der Waals surface area (Å²) < 4.78 is 3.71. The van der Waals surface area contributed by atoms with E-state index in [0.717, 1.165) is 6.26 Å². The number of hydrogen-bond donors (Lipinski definition) is 1. The molecule has 52 valence electrons. The van der Waals surface area contributed by atoms with E-state index in [1.54, 1.807) is 0 Å². The van der Waals surface area contributed by atoms with Gasteiger partial charge in [-0.15, -0.1) is 5.26 Å². The maximum atomic E-state index is 10.2. The smallest absolute Gasteiger partial charge is 0.346 e. The lowest BCUT2D eigenvalue weighted by Crippen LogP contribution is -1.96. The van der Waals surface area contributed by atoms with Gasteiger partial charge in [-0.05, 0) is 0 Å². The van der Waals surface area contributed by atoms with Gasteiger partial charge in [0.1, 0.15) is 0 Å². The van der Waals surface area contributed by atoms with Crippen LogP contribution >= 0.6 is 0 Å². The SMILES string of the molecule is N#COC(=O)/C=C\C(=O)O. The van der Waals surface area contributed by atoms with Crippen molar-refractivity contribution >= 4 is 11.9 Å². The van der Waals surface area contributed by atoms with Gasteiger partial charge in [-0.3, -0.25) is 0 Å². The molecule has 0 rings (SSSR count). The first-order chi connectivity index (χ1) is 4.66. The van der Waals surface area contributed by atoms with Gasteiger partial charge in [0, 0.05) is 12.2 Å². The van der Waals surface area contributed by atoms with Crippen LogP contribution in [0.1, 0.15) is 0 Å². The Morgan fingerprint density at radius 1 is 1.50 bits per heavy atom. The molecule has 0 aliphatic rings. The zero-order valence-corrected chi connectivity index (χ0v) is 4.77. The number of aliphatic carboxylic acids is 1. The highest BCUT2D eigenvalue weighted by atomic mass is 16.5. The average Bonchev–Trinajstić information content (AvgIpc) is 1.85. The number of esters is 1. The van der Waals surface area contributed by atoms with Crippen LogP contribution in [0.3, 0.4) is 0 Å². The van der Waals surface area contributed by atoms with Crippen molar-refractivity contribution in [2.75, 3.05) is 0 Å². The van der Waals surface area contributed by atoms with Gasteiger partial charge in [-0.25, -0.2) is 9.59 Å². The van der Waals surface area contributed by atoms with E-state index < -0.39 is 11.9 Å². The van der Waals surface area contributed by atoms with Gasteiger partial charge in [-0.2, -0.15) is 0 Å². The largest absolute Gasteiger partial charge is 0.478 e. The molecule has 0 amide bonds. The van der Waals surface area contributed by atoms with E-state index in [4.69, 9.17) is 10.4 Å². The molecule has 1 N–H and O–H groups in total. The highest BCUT2D eigenvalue weighted by Crippen LogP contribution is 1.78. The summed E-state index contributed by atoms with van der Waals surface area (Å²) in [4.78, 5) is 19.9. The van der Waals surface area contributed by atoms with Crippen LogP contribution in [-0.2, 0) is 14.3 Å². The molecule has 0 bridgehead atoms. The highest BCUT2D eigenvalue weighted by molar-refractivity contribution is 5.91. The van der Waals surface area contributed by atoms with Crippen molar-refractivity contribution in [2.45, 2.75) is 0 Å². The molecule has 0 unspecified atom stereocenters. The van der Waals surface area contributed by atoms with Crippen LogP contribution in [0.25, 0.3) is 0 Å². The zero-order valence-electron chi connectivity index (χ0n) is 4.77. The lowest BCUT2D eigenvalue weighted by molar-refractivity contribution is -0.134. The first-order valence-electron chi connectivity index (χ1n) is 2.17. The van der Waals surface area contributed by atoms with Gasteiger partial charge in [-0.1, -0.05) is 0 Å². The number of nitriles is 1. The molecule has 0 saturated heterocycles. The summed E-state index contributed by atoms with van der Waals surface area (Å²) in [5.74, 6) is -2.26. The minimum Gasteiger partial charge on any atom is -0.478 e. The number of carboxylic acids is 1. The van der Waals surface area contributed by atoms with Crippen molar-refractivity contribution in [1.82, 2.24) is 0 Å². The molecule has 0 aliphatic carbocycles. The van der Waals surface area contributed by atoms with E-state index in [1.165, 1.54) is 0 Å². The van der Waals surface area contributed by atoms with Gasteiger partial charge in [0.2, 0.25) is 0 Å². The summed E-state index contributed by atoms with van der Waals surface area (Å²) in [6.45, 7) is 0. The fourth-order valence-corrected chi connectivity index (χ4v) is 0.218. The summed E-state index contributed by atoms with van der Waals surface area (Å²) in [5, 5.41) is 15.7. The number of hydrogen-bond acceptors (Lipinski definition) is 4. The van der Waals surface area contributed by atoms with Gasteiger partial charge in [0.05, 0.1) is 0 Å². The fourth-order valence-electron chi connectivity index (χ4n) is 0.218. The Balaban J connectivity index is 3.81. The van der Waals surface area contributed by atoms with Crippen LogP contribution in [0.5, 0.6) is 0 Å². The summed E-state index contributed by atoms with van der Waals surface area (Å²) in [5.41, 5.74) is 0. The minimum atomic E-state index is -1.27. The van der Waals surface area contributed by atoms with Gasteiger partial charge >= 0.3 is 11.9 Å². The van der Waals surface area contributed by atoms with Crippen LogP contribution < -0.4 is 0 Å². The summed E-state index contributed by atoms with van der Waals surface area (Å²) >= 11 is 0. The van der Waals surface area contributed by atoms with E-state index in [2.05, 4.69) is 4.74 Å². The molecule has 0 heterocycles. The summed E-state index contributed by atoms with van der Waals surface area (Å²) in [6.07, 6.45) is 2.32. The number of rotatable bonds is 2. The Hall–Kier alpha value is -1.83. The average molecular weight is 141 g/mol. The second-order valence-electron chi connectivity index (χ2n) is 1.18. The first kappa shape index (κ1) is 8.17. The van der Waals surface area contributed by atoms with Crippen molar-refractivity contribution in [3.05, 3.63) is 12.2 Å². The monoisotopic (exact) mass is 141 g/mol. The molecule has 0 atom stereocenters. The Labute approximate surface area is 56.1 Å². The summed E-state index contributed by atoms with van der Waals surface area (Å²) in [7, 11) is 0. The van der Waals surface area contributed by atoms with Gasteiger partial charge < -0.3 is 9.84 Å². The molecule has 0 aromatic carbocycles. The first-order valence-corrected chi connectivity index (χ1v) is 2.17. The number of nitrogens with zero attached hydrogens (tertiary/aromatic N) is 1. The summed E-state index contributed by atoms with van der Waals surface area (Å²) in [6, 6.07) is 0. The molecular weight excluding hydrogens is 138 g/mol. The molecule has 0 radical (unpaired) electrons. The van der Waals surface area contributed by atoms with E-state index in [-0.39, 0.29) is 0 Å². The normalized spacial score (nSPS) is 8.70. The Morgan fingerprint density at radius 2 is 2.10 bits per heavy atom. The number of carboxylic acid groups (broad SMARTS) is 1. The van der Waals surface area contributed by atoms with Gasteiger partial charge in [0.25, 0.3) is 6.26 Å². The maximum absolute atomic E-state index is 10.2. The lowest BCUT2D eigenvalue weighted by Gasteiger charge is -1.81. The second kappa shape index (κ2) is 4.09. The van der Waals surface area contributed by atoms with Crippen molar-refractivity contribution in [3.63, 3.8) is 0 Å². The van der Waals surface area contributed by atoms with Crippen LogP contribution in [0, 0.1) is 11.5 Å². The molecule has 0 aromatic rings. The van der Waals surface area contributed by atoms with E-state index in [0.29, 0.717) is 12.2 Å². The van der Waals surface area contributed by atoms with Gasteiger partial charge in [0.15, 0.2) is 0 Å². The quantitative estimate of drug-likeness (QED) is 0.322. The van der Waals surface area contributed by atoms with Crippen molar-refractivity contribution in [3.8, 4) is 6.26 Å². The molecule has 0 saturated carbocycles. The maximum Gasteiger partial charge on any atom is 0.346 e. The van der Waals surface area contributed by atoms with Crippen LogP contribution in [0.15, 0.2) is 12.2 Å². The number of carbonyl (C=O) groups excluding carboxylic acids is 1. The Kier molecular flexibility index (Phi) is 3.34. The van der Waals surface area contributed by atoms with Crippen molar-refractivity contribution in [2.24, 2.45) is 0 Å². The zero-order chi connectivity index (χ0) is 7.98. The molecule has 0 aromatic heterocycles. The fraction of sp³-hybridized carbons (Fsp3) is 0. The van der Waals surface area contributed by atoms with Crippen LogP contribution in [0.2, 0.25) is 0 Å². The molecule has 0 spiro atoms. The third kappa shape index (κ3) is 4.33.